The SMILES string of the molecule is COc1ccc(CCNc2ncnc(N3CCc4ccccc4C3)c2[N+](=O)[O-])cc1OC. The van der Waals surface area contributed by atoms with Crippen LogP contribution in [0.25, 0.3) is 0 Å². The molecule has 1 N–H and O–H groups in total. The van der Waals surface area contributed by atoms with Crippen molar-refractivity contribution in [3.05, 3.63) is 75.6 Å². The first-order valence-corrected chi connectivity index (χ1v) is 10.4. The van der Waals surface area contributed by atoms with E-state index in [1.165, 1.54) is 11.9 Å². The van der Waals surface area contributed by atoms with Crippen LogP contribution in [0.4, 0.5) is 17.3 Å². The van der Waals surface area contributed by atoms with E-state index in [0.29, 0.717) is 43.4 Å². The van der Waals surface area contributed by atoms with E-state index < -0.39 is 4.92 Å². The number of anilines is 2. The zero-order valence-corrected chi connectivity index (χ0v) is 18.1. The lowest BCUT2D eigenvalue weighted by atomic mass is 10.00. The number of ether oxygens (including phenoxy) is 2. The Labute approximate surface area is 186 Å². The topological polar surface area (TPSA) is 103 Å². The Morgan fingerprint density at radius 1 is 1.09 bits per heavy atom. The van der Waals surface area contributed by atoms with E-state index in [0.717, 1.165) is 17.5 Å². The molecule has 2 aromatic carbocycles. The molecular weight excluding hydrogens is 410 g/mol. The van der Waals surface area contributed by atoms with Crippen LogP contribution >= 0.6 is 0 Å². The molecule has 32 heavy (non-hydrogen) atoms. The molecule has 0 unspecified atom stereocenters. The van der Waals surface area contributed by atoms with Gasteiger partial charge in [0.15, 0.2) is 11.5 Å². The molecule has 4 rings (SSSR count). The van der Waals surface area contributed by atoms with Crippen molar-refractivity contribution in [1.29, 1.82) is 0 Å². The van der Waals surface area contributed by atoms with Crippen LogP contribution in [0.5, 0.6) is 11.5 Å². The average Bonchev–Trinajstić information content (AvgIpc) is 2.83. The third-order valence-corrected chi connectivity index (χ3v) is 5.57. The predicted molar refractivity (Wildman–Crippen MR) is 122 cm³/mol. The van der Waals surface area contributed by atoms with Crippen molar-refractivity contribution < 1.29 is 14.4 Å². The molecule has 0 fully saturated rings. The second kappa shape index (κ2) is 9.51. The van der Waals surface area contributed by atoms with Gasteiger partial charge in [-0.25, -0.2) is 9.97 Å². The van der Waals surface area contributed by atoms with Gasteiger partial charge in [-0.05, 0) is 41.7 Å². The smallest absolute Gasteiger partial charge is 0.353 e. The van der Waals surface area contributed by atoms with Crippen molar-refractivity contribution in [3.63, 3.8) is 0 Å². The minimum Gasteiger partial charge on any atom is -0.493 e. The van der Waals surface area contributed by atoms with Gasteiger partial charge in [-0.2, -0.15) is 0 Å². The van der Waals surface area contributed by atoms with Crippen molar-refractivity contribution in [1.82, 2.24) is 9.97 Å². The summed E-state index contributed by atoms with van der Waals surface area (Å²) in [6.45, 7) is 1.72. The molecule has 0 aliphatic carbocycles. The summed E-state index contributed by atoms with van der Waals surface area (Å²) in [5, 5.41) is 15.1. The van der Waals surface area contributed by atoms with E-state index in [2.05, 4.69) is 27.4 Å². The van der Waals surface area contributed by atoms with Crippen LogP contribution in [0, 0.1) is 10.1 Å². The van der Waals surface area contributed by atoms with Crippen LogP contribution in [-0.2, 0) is 19.4 Å². The Kier molecular flexibility index (Phi) is 6.34. The van der Waals surface area contributed by atoms with E-state index in [4.69, 9.17) is 9.47 Å². The molecular formula is C23H25N5O4. The van der Waals surface area contributed by atoms with Crippen molar-refractivity contribution in [2.24, 2.45) is 0 Å². The monoisotopic (exact) mass is 435 g/mol. The van der Waals surface area contributed by atoms with Gasteiger partial charge in [0.2, 0.25) is 11.6 Å². The minimum atomic E-state index is -0.408. The fraction of sp³-hybridized carbons (Fsp3) is 0.304. The lowest BCUT2D eigenvalue weighted by molar-refractivity contribution is -0.383. The van der Waals surface area contributed by atoms with Crippen molar-refractivity contribution >= 4 is 17.3 Å². The first kappa shape index (κ1) is 21.4. The Morgan fingerprint density at radius 3 is 2.62 bits per heavy atom. The number of methoxy groups -OCH3 is 2. The molecule has 1 aromatic heterocycles. The van der Waals surface area contributed by atoms with E-state index in [1.807, 2.05) is 35.2 Å². The number of nitrogens with one attached hydrogen (secondary N) is 1. The predicted octanol–water partition coefficient (Wildman–Crippen LogP) is 3.62. The average molecular weight is 435 g/mol. The molecule has 3 aromatic rings. The summed E-state index contributed by atoms with van der Waals surface area (Å²) >= 11 is 0. The molecule has 9 nitrogen and oxygen atoms in total. The number of hydrogen-bond donors (Lipinski definition) is 1. The van der Waals surface area contributed by atoms with Crippen LogP contribution in [-0.4, -0.2) is 42.2 Å². The Balaban J connectivity index is 1.51. The number of rotatable bonds is 8. The van der Waals surface area contributed by atoms with E-state index in [9.17, 15) is 10.1 Å². The van der Waals surface area contributed by atoms with Crippen LogP contribution in [0.1, 0.15) is 16.7 Å². The van der Waals surface area contributed by atoms with Gasteiger partial charge < -0.3 is 19.7 Å². The Bertz CT molecular complexity index is 1120. The third kappa shape index (κ3) is 4.41. The summed E-state index contributed by atoms with van der Waals surface area (Å²) in [5.41, 5.74) is 3.35. The van der Waals surface area contributed by atoms with Crippen LogP contribution < -0.4 is 19.7 Å². The Hall–Kier alpha value is -3.88. The molecule has 0 spiro atoms. The van der Waals surface area contributed by atoms with E-state index >= 15 is 0 Å². The molecule has 0 radical (unpaired) electrons. The van der Waals surface area contributed by atoms with E-state index in [-0.39, 0.29) is 11.5 Å². The summed E-state index contributed by atoms with van der Waals surface area (Å²) in [6, 6.07) is 13.8. The van der Waals surface area contributed by atoms with Crippen LogP contribution in [0.3, 0.4) is 0 Å². The summed E-state index contributed by atoms with van der Waals surface area (Å²) in [4.78, 5) is 21.9. The quantitative estimate of drug-likeness (QED) is 0.423. The number of aromatic nitrogens is 2. The molecule has 0 saturated carbocycles. The number of benzene rings is 2. The summed E-state index contributed by atoms with van der Waals surface area (Å²) in [6.07, 6.45) is 2.83. The van der Waals surface area contributed by atoms with Gasteiger partial charge in [0.1, 0.15) is 6.33 Å². The van der Waals surface area contributed by atoms with E-state index in [1.54, 1.807) is 14.2 Å². The lowest BCUT2D eigenvalue weighted by Crippen LogP contribution is -2.31. The highest BCUT2D eigenvalue weighted by Crippen LogP contribution is 2.34. The van der Waals surface area contributed by atoms with Gasteiger partial charge in [-0.3, -0.25) is 10.1 Å². The molecule has 2 heterocycles. The zero-order chi connectivity index (χ0) is 22.5. The Morgan fingerprint density at radius 2 is 1.88 bits per heavy atom. The minimum absolute atomic E-state index is 0.0980. The first-order valence-electron chi connectivity index (χ1n) is 10.4. The molecule has 9 heteroatoms. The van der Waals surface area contributed by atoms with Gasteiger partial charge >= 0.3 is 5.69 Å². The van der Waals surface area contributed by atoms with Crippen molar-refractivity contribution in [2.75, 3.05) is 37.5 Å². The molecule has 0 atom stereocenters. The zero-order valence-electron chi connectivity index (χ0n) is 18.1. The fourth-order valence-corrected chi connectivity index (χ4v) is 3.94. The van der Waals surface area contributed by atoms with Crippen LogP contribution in [0.2, 0.25) is 0 Å². The second-order valence-corrected chi connectivity index (χ2v) is 7.46. The van der Waals surface area contributed by atoms with Gasteiger partial charge in [-0.15, -0.1) is 0 Å². The highest BCUT2D eigenvalue weighted by molar-refractivity contribution is 5.70. The maximum atomic E-state index is 11.9. The molecule has 0 saturated heterocycles. The van der Waals surface area contributed by atoms with Gasteiger partial charge in [-0.1, -0.05) is 30.3 Å². The molecule has 1 aliphatic rings. The van der Waals surface area contributed by atoms with Gasteiger partial charge in [0, 0.05) is 19.6 Å². The fourth-order valence-electron chi connectivity index (χ4n) is 3.94. The summed E-state index contributed by atoms with van der Waals surface area (Å²) in [7, 11) is 3.18. The highest BCUT2D eigenvalue weighted by Gasteiger charge is 2.29. The normalized spacial score (nSPS) is 12.8. The second-order valence-electron chi connectivity index (χ2n) is 7.46. The number of nitro groups is 1. The summed E-state index contributed by atoms with van der Waals surface area (Å²) < 4.78 is 10.6. The largest absolute Gasteiger partial charge is 0.493 e. The lowest BCUT2D eigenvalue weighted by Gasteiger charge is -2.29. The van der Waals surface area contributed by atoms with Gasteiger partial charge in [0.05, 0.1) is 19.1 Å². The summed E-state index contributed by atoms with van der Waals surface area (Å²) in [5.74, 6) is 1.86. The van der Waals surface area contributed by atoms with Crippen molar-refractivity contribution in [3.8, 4) is 11.5 Å². The first-order chi connectivity index (χ1) is 15.6. The molecule has 0 bridgehead atoms. The molecule has 0 amide bonds. The third-order valence-electron chi connectivity index (χ3n) is 5.57. The maximum Gasteiger partial charge on any atom is 0.353 e. The van der Waals surface area contributed by atoms with Gasteiger partial charge in [0.25, 0.3) is 0 Å². The van der Waals surface area contributed by atoms with Crippen LogP contribution in [0.15, 0.2) is 48.8 Å². The number of fused-ring (bicyclic) bond motifs is 1. The maximum absolute atomic E-state index is 11.9. The number of nitrogens with zero attached hydrogens (tertiary/aromatic N) is 4. The standard InChI is InChI=1S/C23H25N5O4/c1-31-19-8-7-16(13-20(19)32-2)9-11-24-22-21(28(29)30)23(26-15-25-22)27-12-10-17-5-3-4-6-18(17)14-27/h3-8,13,15H,9-12,14H2,1-2H3,(H,24,25,26). The molecule has 166 valence electrons. The molecule has 1 aliphatic heterocycles. The number of hydrogen-bond acceptors (Lipinski definition) is 8. The highest BCUT2D eigenvalue weighted by atomic mass is 16.6. The van der Waals surface area contributed by atoms with Crippen molar-refractivity contribution in [2.45, 2.75) is 19.4 Å².